The largest absolute Gasteiger partial charge is 0.494 e. The van der Waals surface area contributed by atoms with Gasteiger partial charge in [-0.15, -0.1) is 0 Å². The SMILES string of the molecule is CCOc1ccc(Nc2nc3ccc([N+](=O)[O-])cc3s2)cc1. The second kappa shape index (κ2) is 5.98. The number of benzene rings is 2. The van der Waals surface area contributed by atoms with Gasteiger partial charge in [-0.1, -0.05) is 11.3 Å². The number of aromatic nitrogens is 1. The Morgan fingerprint density at radius 3 is 2.73 bits per heavy atom. The third-order valence-electron chi connectivity index (χ3n) is 3.00. The Morgan fingerprint density at radius 2 is 2.05 bits per heavy atom. The molecule has 1 heterocycles. The molecule has 0 saturated heterocycles. The molecule has 0 amide bonds. The number of fused-ring (bicyclic) bond motifs is 1. The summed E-state index contributed by atoms with van der Waals surface area (Å²) in [4.78, 5) is 14.8. The van der Waals surface area contributed by atoms with E-state index in [1.165, 1.54) is 23.5 Å². The van der Waals surface area contributed by atoms with E-state index >= 15 is 0 Å². The maximum atomic E-state index is 10.8. The van der Waals surface area contributed by atoms with E-state index in [4.69, 9.17) is 4.74 Å². The van der Waals surface area contributed by atoms with Crippen LogP contribution in [0.4, 0.5) is 16.5 Å². The van der Waals surface area contributed by atoms with Crippen LogP contribution in [0.3, 0.4) is 0 Å². The van der Waals surface area contributed by atoms with E-state index < -0.39 is 4.92 Å². The predicted molar refractivity (Wildman–Crippen MR) is 87.2 cm³/mol. The Bertz CT molecular complexity index is 815. The average Bonchev–Trinajstić information content (AvgIpc) is 2.90. The van der Waals surface area contributed by atoms with Gasteiger partial charge in [-0.3, -0.25) is 10.1 Å². The van der Waals surface area contributed by atoms with E-state index in [1.807, 2.05) is 31.2 Å². The minimum absolute atomic E-state index is 0.0729. The molecule has 1 N–H and O–H groups in total. The minimum Gasteiger partial charge on any atom is -0.494 e. The third kappa shape index (κ3) is 2.99. The van der Waals surface area contributed by atoms with Crippen LogP contribution >= 0.6 is 11.3 Å². The first-order valence-electron chi connectivity index (χ1n) is 6.70. The molecule has 0 atom stereocenters. The monoisotopic (exact) mass is 315 g/mol. The highest BCUT2D eigenvalue weighted by atomic mass is 32.1. The molecule has 0 bridgehead atoms. The molecule has 1 aromatic heterocycles. The fourth-order valence-electron chi connectivity index (χ4n) is 2.00. The first-order chi connectivity index (χ1) is 10.7. The van der Waals surface area contributed by atoms with Crippen molar-refractivity contribution in [1.29, 1.82) is 0 Å². The van der Waals surface area contributed by atoms with Gasteiger partial charge in [0.05, 0.1) is 21.7 Å². The molecule has 112 valence electrons. The summed E-state index contributed by atoms with van der Waals surface area (Å²) in [5.41, 5.74) is 1.70. The summed E-state index contributed by atoms with van der Waals surface area (Å²) in [6, 6.07) is 12.2. The average molecular weight is 315 g/mol. The van der Waals surface area contributed by atoms with E-state index in [1.54, 1.807) is 6.07 Å². The molecule has 6 nitrogen and oxygen atoms in total. The van der Waals surface area contributed by atoms with Gasteiger partial charge in [-0.25, -0.2) is 4.98 Å². The highest BCUT2D eigenvalue weighted by molar-refractivity contribution is 7.22. The van der Waals surface area contributed by atoms with Crippen molar-refractivity contribution in [3.63, 3.8) is 0 Å². The van der Waals surface area contributed by atoms with Crippen LogP contribution in [0, 0.1) is 10.1 Å². The van der Waals surface area contributed by atoms with Crippen molar-refractivity contribution >= 4 is 38.1 Å². The molecular formula is C15H13N3O3S. The topological polar surface area (TPSA) is 77.3 Å². The van der Waals surface area contributed by atoms with Crippen LogP contribution < -0.4 is 10.1 Å². The predicted octanol–water partition coefficient (Wildman–Crippen LogP) is 4.35. The van der Waals surface area contributed by atoms with Crippen LogP contribution in [-0.2, 0) is 0 Å². The van der Waals surface area contributed by atoms with E-state index in [2.05, 4.69) is 10.3 Å². The quantitative estimate of drug-likeness (QED) is 0.559. The lowest BCUT2D eigenvalue weighted by Gasteiger charge is -2.05. The maximum Gasteiger partial charge on any atom is 0.270 e. The summed E-state index contributed by atoms with van der Waals surface area (Å²) in [5.74, 6) is 0.813. The van der Waals surface area contributed by atoms with Gasteiger partial charge in [0.15, 0.2) is 5.13 Å². The number of ether oxygens (including phenoxy) is 1. The lowest BCUT2D eigenvalue weighted by molar-refractivity contribution is -0.384. The van der Waals surface area contributed by atoms with Crippen LogP contribution in [0.2, 0.25) is 0 Å². The standard InChI is InChI=1S/C15H13N3O3S/c1-2-21-12-6-3-10(4-7-12)16-15-17-13-8-5-11(18(19)20)9-14(13)22-15/h3-9H,2H2,1H3,(H,16,17). The van der Waals surface area contributed by atoms with Crippen molar-refractivity contribution in [1.82, 2.24) is 4.98 Å². The van der Waals surface area contributed by atoms with Gasteiger partial charge in [0, 0.05) is 17.8 Å². The first-order valence-corrected chi connectivity index (χ1v) is 7.52. The van der Waals surface area contributed by atoms with Gasteiger partial charge in [-0.05, 0) is 37.3 Å². The molecule has 3 aromatic rings. The molecule has 0 spiro atoms. The molecule has 7 heteroatoms. The summed E-state index contributed by atoms with van der Waals surface area (Å²) in [5, 5.41) is 14.7. The highest BCUT2D eigenvalue weighted by Gasteiger charge is 2.10. The maximum absolute atomic E-state index is 10.8. The molecule has 0 fully saturated rings. The Labute approximate surface area is 130 Å². The number of nitrogens with one attached hydrogen (secondary N) is 1. The Morgan fingerprint density at radius 1 is 1.27 bits per heavy atom. The van der Waals surface area contributed by atoms with Crippen molar-refractivity contribution in [2.45, 2.75) is 6.92 Å². The number of rotatable bonds is 5. The smallest absolute Gasteiger partial charge is 0.270 e. The van der Waals surface area contributed by atoms with Gasteiger partial charge in [0.1, 0.15) is 5.75 Å². The number of thiazole rings is 1. The molecule has 2 aromatic carbocycles. The lowest BCUT2D eigenvalue weighted by atomic mass is 10.3. The van der Waals surface area contributed by atoms with Crippen LogP contribution in [-0.4, -0.2) is 16.5 Å². The number of nitrogens with zero attached hydrogens (tertiary/aromatic N) is 2. The summed E-state index contributed by atoms with van der Waals surface area (Å²) in [6.07, 6.45) is 0. The zero-order valence-electron chi connectivity index (χ0n) is 11.8. The second-order valence-corrected chi connectivity index (χ2v) is 5.54. The fraction of sp³-hybridized carbons (Fsp3) is 0.133. The minimum atomic E-state index is -0.404. The molecule has 0 unspecified atom stereocenters. The molecule has 0 radical (unpaired) electrons. The van der Waals surface area contributed by atoms with E-state index in [-0.39, 0.29) is 5.69 Å². The molecule has 0 aliphatic heterocycles. The van der Waals surface area contributed by atoms with Crippen LogP contribution in [0.1, 0.15) is 6.92 Å². The van der Waals surface area contributed by atoms with E-state index in [0.717, 1.165) is 21.7 Å². The summed E-state index contributed by atoms with van der Waals surface area (Å²) < 4.78 is 6.17. The van der Waals surface area contributed by atoms with Crippen molar-refractivity contribution in [2.75, 3.05) is 11.9 Å². The summed E-state index contributed by atoms with van der Waals surface area (Å²) >= 11 is 1.38. The Hall–Kier alpha value is -2.67. The number of anilines is 2. The van der Waals surface area contributed by atoms with Crippen LogP contribution in [0.15, 0.2) is 42.5 Å². The number of hydrogen-bond acceptors (Lipinski definition) is 6. The van der Waals surface area contributed by atoms with Gasteiger partial charge in [0.25, 0.3) is 5.69 Å². The first kappa shape index (κ1) is 14.3. The number of non-ortho nitro benzene ring substituents is 1. The molecule has 0 saturated carbocycles. The van der Waals surface area contributed by atoms with E-state index in [0.29, 0.717) is 11.7 Å². The second-order valence-electron chi connectivity index (χ2n) is 4.51. The molecule has 3 rings (SSSR count). The zero-order valence-corrected chi connectivity index (χ0v) is 12.6. The number of nitro benzene ring substituents is 1. The normalized spacial score (nSPS) is 10.6. The summed E-state index contributed by atoms with van der Waals surface area (Å²) in [7, 11) is 0. The van der Waals surface area contributed by atoms with E-state index in [9.17, 15) is 10.1 Å². The van der Waals surface area contributed by atoms with Gasteiger partial charge in [0.2, 0.25) is 0 Å². The fourth-order valence-corrected chi connectivity index (χ4v) is 2.92. The molecule has 0 aliphatic rings. The highest BCUT2D eigenvalue weighted by Crippen LogP contribution is 2.31. The molecular weight excluding hydrogens is 302 g/mol. The zero-order chi connectivity index (χ0) is 15.5. The Balaban J connectivity index is 1.82. The third-order valence-corrected chi connectivity index (χ3v) is 3.93. The van der Waals surface area contributed by atoms with Gasteiger partial charge in [-0.2, -0.15) is 0 Å². The van der Waals surface area contributed by atoms with Crippen LogP contribution in [0.25, 0.3) is 10.2 Å². The number of hydrogen-bond donors (Lipinski definition) is 1. The molecule has 0 aliphatic carbocycles. The lowest BCUT2D eigenvalue weighted by Crippen LogP contribution is -1.92. The Kier molecular flexibility index (Phi) is 3.88. The van der Waals surface area contributed by atoms with Crippen molar-refractivity contribution in [2.24, 2.45) is 0 Å². The number of nitro groups is 1. The van der Waals surface area contributed by atoms with Crippen molar-refractivity contribution < 1.29 is 9.66 Å². The molecule has 22 heavy (non-hydrogen) atoms. The van der Waals surface area contributed by atoms with Crippen LogP contribution in [0.5, 0.6) is 5.75 Å². The van der Waals surface area contributed by atoms with Crippen molar-refractivity contribution in [3.05, 3.63) is 52.6 Å². The van der Waals surface area contributed by atoms with Gasteiger partial charge >= 0.3 is 0 Å². The summed E-state index contributed by atoms with van der Waals surface area (Å²) in [6.45, 7) is 2.57. The van der Waals surface area contributed by atoms with Crippen molar-refractivity contribution in [3.8, 4) is 5.75 Å². The van der Waals surface area contributed by atoms with Gasteiger partial charge < -0.3 is 10.1 Å².